The fourth-order valence-electron chi connectivity index (χ4n) is 7.72. The molecular weight excluding hydrogens is 791 g/mol. The zero-order valence-corrected chi connectivity index (χ0v) is 37.3. The number of rotatable bonds is 19. The summed E-state index contributed by atoms with van der Waals surface area (Å²) in [6.07, 6.45) is 9.72. The molecule has 3 saturated heterocycles. The van der Waals surface area contributed by atoms with Crippen molar-refractivity contribution in [3.05, 3.63) is 84.2 Å². The van der Waals surface area contributed by atoms with Crippen molar-refractivity contribution in [3.63, 3.8) is 0 Å². The highest BCUT2D eigenvalue weighted by molar-refractivity contribution is 6.07. The van der Waals surface area contributed by atoms with Gasteiger partial charge in [0, 0.05) is 71.7 Å². The average molecular weight is 862 g/mol. The number of nitrogens with two attached hydrogens (primary N) is 1. The highest BCUT2D eigenvalue weighted by Gasteiger charge is 2.55. The zero-order valence-electron chi connectivity index (χ0n) is 37.3. The topological polar surface area (TPSA) is 186 Å². The third-order valence-corrected chi connectivity index (χ3v) is 11.2. The van der Waals surface area contributed by atoms with Gasteiger partial charge in [0.1, 0.15) is 0 Å². The second-order valence-electron chi connectivity index (χ2n) is 15.5. The molecule has 4 N–H and O–H groups in total. The number of urea groups is 1. The van der Waals surface area contributed by atoms with Crippen LogP contribution in [-0.2, 0) is 36.8 Å². The zero-order chi connectivity index (χ0) is 45.3. The summed E-state index contributed by atoms with van der Waals surface area (Å²) in [5.41, 5.74) is 8.10. The maximum absolute atomic E-state index is 12.9. The Bertz CT molecular complexity index is 1700. The molecule has 62 heavy (non-hydrogen) atoms. The molecule has 0 radical (unpaired) electrons. The number of ether oxygens (including phenoxy) is 1. The molecule has 0 aliphatic carbocycles. The van der Waals surface area contributed by atoms with E-state index in [1.165, 1.54) is 16.0 Å². The number of aryl methyl sites for hydroxylation is 2. The van der Waals surface area contributed by atoms with Crippen molar-refractivity contribution >= 4 is 35.8 Å². The molecule has 15 nitrogen and oxygen atoms in total. The van der Waals surface area contributed by atoms with Gasteiger partial charge in [0.2, 0.25) is 17.7 Å². The molecule has 0 spiro atoms. The van der Waals surface area contributed by atoms with Crippen LogP contribution in [0, 0.1) is 5.92 Å². The molecule has 2 aromatic rings. The van der Waals surface area contributed by atoms with Crippen molar-refractivity contribution in [1.82, 2.24) is 29.8 Å². The van der Waals surface area contributed by atoms with Crippen molar-refractivity contribution in [3.8, 4) is 0 Å². The summed E-state index contributed by atoms with van der Waals surface area (Å²) < 4.78 is 4.99. The number of unbranched alkanes of at least 4 members (excludes halogenated alkanes) is 4. The van der Waals surface area contributed by atoms with Crippen LogP contribution in [0.4, 0.5) is 9.59 Å². The smallest absolute Gasteiger partial charge is 0.409 e. The summed E-state index contributed by atoms with van der Waals surface area (Å²) in [5.74, 6) is -1.80. The van der Waals surface area contributed by atoms with Gasteiger partial charge in [-0.15, -0.1) is 0 Å². The van der Waals surface area contributed by atoms with Crippen LogP contribution >= 0.6 is 0 Å². The molecular formula is C47H71N7O8. The van der Waals surface area contributed by atoms with Gasteiger partial charge in [-0.25, -0.2) is 19.3 Å². The summed E-state index contributed by atoms with van der Waals surface area (Å²) >= 11 is 0. The van der Waals surface area contributed by atoms with Crippen molar-refractivity contribution in [2.75, 3.05) is 65.5 Å². The Morgan fingerprint density at radius 1 is 0.694 bits per heavy atom. The van der Waals surface area contributed by atoms with E-state index >= 15 is 0 Å². The van der Waals surface area contributed by atoms with E-state index in [0.717, 1.165) is 56.3 Å². The minimum Gasteiger partial charge on any atom is -0.480 e. The van der Waals surface area contributed by atoms with E-state index < -0.39 is 29.9 Å². The van der Waals surface area contributed by atoms with Crippen molar-refractivity contribution in [1.29, 1.82) is 0 Å². The Kier molecular flexibility index (Phi) is 23.0. The third kappa shape index (κ3) is 16.7. The number of β-lactam (4-membered cyclic amide) rings is 1. The largest absolute Gasteiger partial charge is 0.480 e. The fourth-order valence-corrected chi connectivity index (χ4v) is 7.72. The molecule has 0 bridgehead atoms. The Morgan fingerprint density at radius 3 is 1.58 bits per heavy atom. The number of amides is 6. The SMILES string of the molecule is C=C(N)NCCC[C@H]1C(=O)N(C(=O)N2CCN(C(=O)CCCCCc3ccccc3)CC2)C1C(=O)O.CC.CCOC(=O)N1CCN(C(=O)CCCCCc2ccccc2)CC1. The number of piperazine rings is 2. The molecule has 1 unspecified atom stereocenters. The van der Waals surface area contributed by atoms with Crippen LogP contribution in [0.1, 0.15) is 96.1 Å². The van der Waals surface area contributed by atoms with E-state index in [0.29, 0.717) is 83.9 Å². The lowest BCUT2D eigenvalue weighted by atomic mass is 9.83. The first-order valence-electron chi connectivity index (χ1n) is 22.6. The molecule has 5 rings (SSSR count). The summed E-state index contributed by atoms with van der Waals surface area (Å²) in [6, 6.07) is 19.0. The second kappa shape index (κ2) is 28.1. The van der Waals surface area contributed by atoms with Gasteiger partial charge in [0.25, 0.3) is 0 Å². The number of carbonyl (C=O) groups is 6. The molecule has 15 heteroatoms. The van der Waals surface area contributed by atoms with E-state index in [-0.39, 0.29) is 31.0 Å². The minimum absolute atomic E-state index is 0.0686. The van der Waals surface area contributed by atoms with Crippen LogP contribution in [0.25, 0.3) is 0 Å². The van der Waals surface area contributed by atoms with Gasteiger partial charge >= 0.3 is 18.1 Å². The molecule has 0 saturated carbocycles. The third-order valence-electron chi connectivity index (χ3n) is 11.2. The fraction of sp³-hybridized carbons (Fsp3) is 0.574. The van der Waals surface area contributed by atoms with Crippen molar-refractivity contribution in [2.45, 2.75) is 104 Å². The second-order valence-corrected chi connectivity index (χ2v) is 15.5. The van der Waals surface area contributed by atoms with Gasteiger partial charge in [-0.05, 0) is 69.4 Å². The first-order chi connectivity index (χ1) is 30.0. The number of aliphatic carboxylic acids is 1. The number of nitrogens with zero attached hydrogens (tertiary/aromatic N) is 5. The number of carboxylic acid groups (broad SMARTS) is 1. The molecule has 2 atom stereocenters. The molecule has 342 valence electrons. The Morgan fingerprint density at radius 2 is 1.15 bits per heavy atom. The molecule has 3 aliphatic rings. The Balaban J connectivity index is 0.000000342. The van der Waals surface area contributed by atoms with Gasteiger partial charge in [-0.2, -0.15) is 0 Å². The van der Waals surface area contributed by atoms with Crippen LogP contribution in [0.3, 0.4) is 0 Å². The first kappa shape index (κ1) is 50.8. The van der Waals surface area contributed by atoms with Gasteiger partial charge in [-0.3, -0.25) is 14.4 Å². The van der Waals surface area contributed by atoms with Crippen LogP contribution in [0.15, 0.2) is 73.1 Å². The quantitative estimate of drug-likeness (QED) is 0.114. The number of hydrogen-bond donors (Lipinski definition) is 3. The molecule has 2 aromatic carbocycles. The van der Waals surface area contributed by atoms with E-state index in [2.05, 4.69) is 48.3 Å². The number of likely N-dealkylation sites (tertiary alicyclic amines) is 1. The molecule has 3 aliphatic heterocycles. The lowest BCUT2D eigenvalue weighted by Crippen LogP contribution is -2.69. The lowest BCUT2D eigenvalue weighted by molar-refractivity contribution is -0.167. The predicted octanol–water partition coefficient (Wildman–Crippen LogP) is 5.88. The molecule has 3 heterocycles. The molecule has 3 fully saturated rings. The summed E-state index contributed by atoms with van der Waals surface area (Å²) in [7, 11) is 0. The van der Waals surface area contributed by atoms with E-state index in [1.54, 1.807) is 16.7 Å². The average Bonchev–Trinajstić information content (AvgIpc) is 3.29. The van der Waals surface area contributed by atoms with E-state index in [1.807, 2.05) is 43.0 Å². The molecule has 6 amide bonds. The number of carboxylic acids is 1. The van der Waals surface area contributed by atoms with E-state index in [9.17, 15) is 33.9 Å². The van der Waals surface area contributed by atoms with Gasteiger partial charge in [0.05, 0.1) is 18.3 Å². The number of hydrogen-bond acceptors (Lipinski definition) is 9. The number of imide groups is 1. The van der Waals surface area contributed by atoms with Crippen LogP contribution in [0.2, 0.25) is 0 Å². The first-order valence-corrected chi connectivity index (χ1v) is 22.6. The van der Waals surface area contributed by atoms with Gasteiger partial charge < -0.3 is 40.5 Å². The number of benzene rings is 2. The van der Waals surface area contributed by atoms with Crippen LogP contribution in [0.5, 0.6) is 0 Å². The van der Waals surface area contributed by atoms with Crippen molar-refractivity contribution < 1.29 is 38.6 Å². The van der Waals surface area contributed by atoms with Crippen molar-refractivity contribution in [2.24, 2.45) is 11.7 Å². The maximum atomic E-state index is 12.9. The normalized spacial score (nSPS) is 17.1. The van der Waals surface area contributed by atoms with Gasteiger partial charge in [-0.1, -0.05) is 93.9 Å². The van der Waals surface area contributed by atoms with E-state index in [4.69, 9.17) is 10.5 Å². The standard InChI is InChI=1S/C26H37N5O5.C19H28N2O3.C2H6/c1-19(27)28-14-8-12-21-23(25(34)35)31(24(21)33)26(36)30-17-15-29(16-18-30)22(32)13-7-3-6-11-20-9-4-2-5-10-20;1-2-24-19(23)21-15-13-20(14-16-21)18(22)12-8-4-7-11-17-9-5-3-6-10-17;1-2/h2,4-5,9-10,21,23,28H,1,3,6-8,11-18,27H2,(H,34,35);3,5-6,9-10H,2,4,7-8,11-16H2,1H3;1-2H3/t21-,23?;;/m1../s1. The Hall–Kier alpha value is -5.60. The minimum atomic E-state index is -1.19. The van der Waals surface area contributed by atoms with Crippen LogP contribution < -0.4 is 11.1 Å². The van der Waals surface area contributed by atoms with Crippen LogP contribution in [-0.4, -0.2) is 137 Å². The highest BCUT2D eigenvalue weighted by Crippen LogP contribution is 2.32. The predicted molar refractivity (Wildman–Crippen MR) is 240 cm³/mol. The number of carbonyl (C=O) groups excluding carboxylic acids is 5. The highest BCUT2D eigenvalue weighted by atomic mass is 16.6. The molecule has 0 aromatic heterocycles. The Labute approximate surface area is 368 Å². The van der Waals surface area contributed by atoms with Gasteiger partial charge in [0.15, 0.2) is 6.04 Å². The summed E-state index contributed by atoms with van der Waals surface area (Å²) in [4.78, 5) is 81.4. The number of nitrogens with one attached hydrogen (secondary N) is 1. The maximum Gasteiger partial charge on any atom is 0.409 e. The monoisotopic (exact) mass is 862 g/mol. The summed E-state index contributed by atoms with van der Waals surface area (Å²) in [6.45, 7) is 13.9. The summed E-state index contributed by atoms with van der Waals surface area (Å²) in [5, 5.41) is 12.5. The lowest BCUT2D eigenvalue weighted by Gasteiger charge is -2.46.